The number of ether oxygens (including phenoxy) is 1. The van der Waals surface area contributed by atoms with E-state index in [1.165, 1.54) is 12.8 Å². The highest BCUT2D eigenvalue weighted by molar-refractivity contribution is 5.81. The number of carbonyl (C=O) groups excluding carboxylic acids is 1. The van der Waals surface area contributed by atoms with E-state index in [9.17, 15) is 4.79 Å². The number of hydrogen-bond donors (Lipinski definition) is 0. The Hall–Kier alpha value is -2.83. The SMILES string of the molecule is CC(Oc1ccccc1)C(=O)N1CCN(c2cc(N3CCCC3)ncn2)CC1. The second kappa shape index (κ2) is 8.46. The molecule has 0 radical (unpaired) electrons. The summed E-state index contributed by atoms with van der Waals surface area (Å²) in [5.41, 5.74) is 0. The summed E-state index contributed by atoms with van der Waals surface area (Å²) in [5, 5.41) is 0. The van der Waals surface area contributed by atoms with Crippen LogP contribution in [0.2, 0.25) is 0 Å². The summed E-state index contributed by atoms with van der Waals surface area (Å²) in [7, 11) is 0. The van der Waals surface area contributed by atoms with Gasteiger partial charge in [0.25, 0.3) is 5.91 Å². The lowest BCUT2D eigenvalue weighted by atomic mass is 10.2. The van der Waals surface area contributed by atoms with Gasteiger partial charge in [-0.25, -0.2) is 9.97 Å². The molecule has 2 fully saturated rings. The summed E-state index contributed by atoms with van der Waals surface area (Å²) in [6.07, 6.45) is 3.61. The van der Waals surface area contributed by atoms with Gasteiger partial charge in [-0.3, -0.25) is 4.79 Å². The third-order valence-corrected chi connectivity index (χ3v) is 5.39. The zero-order valence-electron chi connectivity index (χ0n) is 16.3. The molecular formula is C21H27N5O2. The van der Waals surface area contributed by atoms with Crippen LogP contribution >= 0.6 is 0 Å². The molecule has 1 aromatic heterocycles. The van der Waals surface area contributed by atoms with Crippen molar-refractivity contribution in [2.45, 2.75) is 25.9 Å². The van der Waals surface area contributed by atoms with Crippen molar-refractivity contribution in [1.82, 2.24) is 14.9 Å². The summed E-state index contributed by atoms with van der Waals surface area (Å²) in [6, 6.07) is 11.6. The molecule has 0 bridgehead atoms. The van der Waals surface area contributed by atoms with Crippen molar-refractivity contribution >= 4 is 17.5 Å². The smallest absolute Gasteiger partial charge is 0.263 e. The molecule has 0 saturated carbocycles. The number of benzene rings is 1. The van der Waals surface area contributed by atoms with Gasteiger partial charge in [0, 0.05) is 45.3 Å². The van der Waals surface area contributed by atoms with Crippen LogP contribution in [-0.4, -0.2) is 66.1 Å². The minimum absolute atomic E-state index is 0.0314. The highest BCUT2D eigenvalue weighted by Crippen LogP contribution is 2.22. The summed E-state index contributed by atoms with van der Waals surface area (Å²) in [5.74, 6) is 2.70. The zero-order valence-corrected chi connectivity index (χ0v) is 16.3. The van der Waals surface area contributed by atoms with E-state index in [1.54, 1.807) is 6.33 Å². The number of piperazine rings is 1. The largest absolute Gasteiger partial charge is 0.481 e. The Balaban J connectivity index is 1.33. The quantitative estimate of drug-likeness (QED) is 0.791. The maximum absolute atomic E-state index is 12.7. The topological polar surface area (TPSA) is 61.8 Å². The maximum atomic E-state index is 12.7. The number of amides is 1. The number of para-hydroxylation sites is 1. The average Bonchev–Trinajstić information content (AvgIpc) is 3.29. The summed E-state index contributed by atoms with van der Waals surface area (Å²) in [6.45, 7) is 6.82. The molecule has 2 aliphatic rings. The second-order valence-corrected chi connectivity index (χ2v) is 7.31. The van der Waals surface area contributed by atoms with Crippen LogP contribution in [-0.2, 0) is 4.79 Å². The molecule has 28 heavy (non-hydrogen) atoms. The lowest BCUT2D eigenvalue weighted by Crippen LogP contribution is -2.52. The maximum Gasteiger partial charge on any atom is 0.263 e. The number of hydrogen-bond acceptors (Lipinski definition) is 6. The summed E-state index contributed by atoms with van der Waals surface area (Å²) < 4.78 is 5.78. The fraction of sp³-hybridized carbons (Fsp3) is 0.476. The molecular weight excluding hydrogens is 354 g/mol. The molecule has 2 aromatic rings. The molecule has 2 aliphatic heterocycles. The highest BCUT2D eigenvalue weighted by atomic mass is 16.5. The molecule has 1 amide bonds. The van der Waals surface area contributed by atoms with E-state index in [0.717, 1.165) is 43.6 Å². The first kappa shape index (κ1) is 18.5. The van der Waals surface area contributed by atoms with E-state index < -0.39 is 6.10 Å². The average molecular weight is 381 g/mol. The predicted molar refractivity (Wildman–Crippen MR) is 109 cm³/mol. The normalized spacial score (nSPS) is 18.2. The Morgan fingerprint density at radius 1 is 0.929 bits per heavy atom. The first-order valence-electron chi connectivity index (χ1n) is 10.0. The Kier molecular flexibility index (Phi) is 5.60. The van der Waals surface area contributed by atoms with Gasteiger partial charge in [-0.1, -0.05) is 18.2 Å². The fourth-order valence-corrected chi connectivity index (χ4v) is 3.80. The second-order valence-electron chi connectivity index (χ2n) is 7.31. The van der Waals surface area contributed by atoms with Crippen LogP contribution in [0.1, 0.15) is 19.8 Å². The van der Waals surface area contributed by atoms with Crippen LogP contribution < -0.4 is 14.5 Å². The standard InChI is InChI=1S/C21H27N5O2/c1-17(28-18-7-3-2-4-8-18)21(27)26-13-11-25(12-14-26)20-15-19(22-16-23-20)24-9-5-6-10-24/h2-4,7-8,15-17H,5-6,9-14H2,1H3. The molecule has 7 nitrogen and oxygen atoms in total. The van der Waals surface area contributed by atoms with Crippen molar-refractivity contribution in [2.75, 3.05) is 49.1 Å². The monoisotopic (exact) mass is 381 g/mol. The van der Waals surface area contributed by atoms with Crippen LogP contribution in [0.25, 0.3) is 0 Å². The van der Waals surface area contributed by atoms with Crippen LogP contribution in [0.5, 0.6) is 5.75 Å². The van der Waals surface area contributed by atoms with E-state index in [-0.39, 0.29) is 5.91 Å². The molecule has 3 heterocycles. The van der Waals surface area contributed by atoms with Gasteiger partial charge in [0.15, 0.2) is 6.10 Å². The number of anilines is 2. The Labute approximate surface area is 165 Å². The number of carbonyl (C=O) groups is 1. The van der Waals surface area contributed by atoms with Crippen molar-refractivity contribution in [3.63, 3.8) is 0 Å². The van der Waals surface area contributed by atoms with E-state index in [2.05, 4.69) is 25.8 Å². The van der Waals surface area contributed by atoms with Gasteiger partial charge >= 0.3 is 0 Å². The van der Waals surface area contributed by atoms with Crippen molar-refractivity contribution in [3.8, 4) is 5.75 Å². The van der Waals surface area contributed by atoms with E-state index >= 15 is 0 Å². The Morgan fingerprint density at radius 2 is 1.54 bits per heavy atom. The molecule has 1 atom stereocenters. The molecule has 7 heteroatoms. The molecule has 1 aromatic carbocycles. The molecule has 1 unspecified atom stereocenters. The highest BCUT2D eigenvalue weighted by Gasteiger charge is 2.27. The van der Waals surface area contributed by atoms with Crippen LogP contribution in [0.3, 0.4) is 0 Å². The lowest BCUT2D eigenvalue weighted by Gasteiger charge is -2.36. The van der Waals surface area contributed by atoms with Gasteiger partial charge < -0.3 is 19.4 Å². The summed E-state index contributed by atoms with van der Waals surface area (Å²) in [4.78, 5) is 28.0. The minimum atomic E-state index is -0.491. The first-order valence-corrected chi connectivity index (χ1v) is 10.0. The predicted octanol–water partition coefficient (Wildman–Crippen LogP) is 2.19. The van der Waals surface area contributed by atoms with Crippen LogP contribution in [0.4, 0.5) is 11.6 Å². The first-order chi connectivity index (χ1) is 13.7. The molecule has 0 spiro atoms. The third kappa shape index (κ3) is 4.18. The molecule has 0 N–H and O–H groups in total. The zero-order chi connectivity index (χ0) is 19.3. The van der Waals surface area contributed by atoms with Gasteiger partial charge in [0.1, 0.15) is 23.7 Å². The van der Waals surface area contributed by atoms with Gasteiger partial charge in [-0.15, -0.1) is 0 Å². The van der Waals surface area contributed by atoms with Crippen molar-refractivity contribution in [3.05, 3.63) is 42.7 Å². The number of nitrogens with zero attached hydrogens (tertiary/aromatic N) is 5. The molecule has 4 rings (SSSR count). The third-order valence-electron chi connectivity index (χ3n) is 5.39. The number of aromatic nitrogens is 2. The van der Waals surface area contributed by atoms with E-state index in [4.69, 9.17) is 4.74 Å². The van der Waals surface area contributed by atoms with Gasteiger partial charge in [0.2, 0.25) is 0 Å². The minimum Gasteiger partial charge on any atom is -0.481 e. The van der Waals surface area contributed by atoms with Crippen LogP contribution in [0.15, 0.2) is 42.7 Å². The molecule has 148 valence electrons. The Morgan fingerprint density at radius 3 is 2.18 bits per heavy atom. The van der Waals surface area contributed by atoms with Crippen molar-refractivity contribution < 1.29 is 9.53 Å². The summed E-state index contributed by atoms with van der Waals surface area (Å²) >= 11 is 0. The Bertz CT molecular complexity index is 786. The van der Waals surface area contributed by atoms with Gasteiger partial charge in [-0.05, 0) is 31.9 Å². The fourth-order valence-electron chi connectivity index (χ4n) is 3.80. The van der Waals surface area contributed by atoms with Gasteiger partial charge in [0.05, 0.1) is 0 Å². The molecule has 0 aliphatic carbocycles. The van der Waals surface area contributed by atoms with E-state index in [0.29, 0.717) is 13.1 Å². The van der Waals surface area contributed by atoms with Crippen LogP contribution in [0, 0.1) is 0 Å². The molecule has 2 saturated heterocycles. The number of rotatable bonds is 5. The van der Waals surface area contributed by atoms with Crippen molar-refractivity contribution in [2.24, 2.45) is 0 Å². The van der Waals surface area contributed by atoms with E-state index in [1.807, 2.05) is 42.2 Å². The van der Waals surface area contributed by atoms with Crippen molar-refractivity contribution in [1.29, 1.82) is 0 Å². The van der Waals surface area contributed by atoms with Gasteiger partial charge in [-0.2, -0.15) is 0 Å². The lowest BCUT2D eigenvalue weighted by molar-refractivity contribution is -0.138.